The first-order valence-corrected chi connectivity index (χ1v) is 8.36. The molecule has 0 aliphatic carbocycles. The molecule has 0 radical (unpaired) electrons. The first-order valence-electron chi connectivity index (χ1n) is 6.50. The molecule has 1 aliphatic rings. The molecule has 0 atom stereocenters. The molecule has 0 saturated heterocycles. The SMILES string of the molecule is Cc1cc(Cl)ccc1NS(=O)(=O)c1ccc2c(c1)CCO2. The lowest BCUT2D eigenvalue weighted by Gasteiger charge is -2.11. The van der Waals surface area contributed by atoms with Crippen molar-refractivity contribution >= 4 is 27.3 Å². The predicted molar refractivity (Wildman–Crippen MR) is 82.6 cm³/mol. The second-order valence-corrected chi connectivity index (χ2v) is 7.05. The van der Waals surface area contributed by atoms with E-state index in [1.165, 1.54) is 0 Å². The molecule has 0 bridgehead atoms. The van der Waals surface area contributed by atoms with Gasteiger partial charge in [-0.05, 0) is 54.4 Å². The maximum atomic E-state index is 12.5. The number of hydrogen-bond acceptors (Lipinski definition) is 3. The van der Waals surface area contributed by atoms with Crippen molar-refractivity contribution in [1.82, 2.24) is 0 Å². The molecule has 21 heavy (non-hydrogen) atoms. The summed E-state index contributed by atoms with van der Waals surface area (Å²) in [7, 11) is -3.62. The molecule has 1 N–H and O–H groups in total. The highest BCUT2D eigenvalue weighted by molar-refractivity contribution is 7.92. The van der Waals surface area contributed by atoms with E-state index in [9.17, 15) is 8.42 Å². The quantitative estimate of drug-likeness (QED) is 0.942. The molecule has 0 amide bonds. The van der Waals surface area contributed by atoms with Crippen molar-refractivity contribution in [1.29, 1.82) is 0 Å². The minimum Gasteiger partial charge on any atom is -0.493 e. The Labute approximate surface area is 128 Å². The number of benzene rings is 2. The third kappa shape index (κ3) is 2.84. The van der Waals surface area contributed by atoms with Gasteiger partial charge in [0.05, 0.1) is 17.2 Å². The highest BCUT2D eigenvalue weighted by Crippen LogP contribution is 2.29. The summed E-state index contributed by atoms with van der Waals surface area (Å²) >= 11 is 5.88. The van der Waals surface area contributed by atoms with E-state index >= 15 is 0 Å². The van der Waals surface area contributed by atoms with Crippen LogP contribution in [0.1, 0.15) is 11.1 Å². The molecule has 0 unspecified atom stereocenters. The van der Waals surface area contributed by atoms with Crippen LogP contribution < -0.4 is 9.46 Å². The average Bonchev–Trinajstić information content (AvgIpc) is 2.89. The second-order valence-electron chi connectivity index (χ2n) is 4.93. The molecule has 2 aromatic rings. The third-order valence-corrected chi connectivity index (χ3v) is 5.00. The Balaban J connectivity index is 1.93. The Kier molecular flexibility index (Phi) is 3.55. The van der Waals surface area contributed by atoms with E-state index in [2.05, 4.69) is 4.72 Å². The molecule has 110 valence electrons. The van der Waals surface area contributed by atoms with Crippen molar-refractivity contribution in [3.05, 3.63) is 52.5 Å². The van der Waals surface area contributed by atoms with Crippen molar-refractivity contribution in [3.63, 3.8) is 0 Å². The Hall–Kier alpha value is -1.72. The Morgan fingerprint density at radius 3 is 2.76 bits per heavy atom. The van der Waals surface area contributed by atoms with Gasteiger partial charge in [-0.2, -0.15) is 0 Å². The van der Waals surface area contributed by atoms with Gasteiger partial charge in [0.25, 0.3) is 10.0 Å². The lowest BCUT2D eigenvalue weighted by atomic mass is 10.2. The van der Waals surface area contributed by atoms with E-state index in [1.807, 2.05) is 0 Å². The monoisotopic (exact) mass is 323 g/mol. The van der Waals surface area contributed by atoms with Gasteiger partial charge in [-0.25, -0.2) is 8.42 Å². The zero-order valence-corrected chi connectivity index (χ0v) is 13.0. The van der Waals surface area contributed by atoms with Gasteiger partial charge in [-0.3, -0.25) is 4.72 Å². The number of anilines is 1. The summed E-state index contributed by atoms with van der Waals surface area (Å²) in [5.74, 6) is 0.761. The van der Waals surface area contributed by atoms with Crippen molar-refractivity contribution in [2.75, 3.05) is 11.3 Å². The Morgan fingerprint density at radius 1 is 1.19 bits per heavy atom. The van der Waals surface area contributed by atoms with Crippen LogP contribution in [0.25, 0.3) is 0 Å². The topological polar surface area (TPSA) is 55.4 Å². The number of halogens is 1. The van der Waals surface area contributed by atoms with Crippen molar-refractivity contribution in [2.45, 2.75) is 18.2 Å². The second kappa shape index (κ2) is 5.24. The lowest BCUT2D eigenvalue weighted by molar-refractivity contribution is 0.356. The van der Waals surface area contributed by atoms with Crippen LogP contribution in [0.2, 0.25) is 5.02 Å². The summed E-state index contributed by atoms with van der Waals surface area (Å²) in [6.07, 6.45) is 0.735. The van der Waals surface area contributed by atoms with Crippen LogP contribution in [0.4, 0.5) is 5.69 Å². The molecular formula is C15H14ClNO3S. The number of fused-ring (bicyclic) bond motifs is 1. The minimum absolute atomic E-state index is 0.237. The largest absolute Gasteiger partial charge is 0.493 e. The molecule has 1 aliphatic heterocycles. The minimum atomic E-state index is -3.62. The van der Waals surface area contributed by atoms with Crippen LogP contribution >= 0.6 is 11.6 Å². The number of hydrogen-bond donors (Lipinski definition) is 1. The average molecular weight is 324 g/mol. The van der Waals surface area contributed by atoms with Gasteiger partial charge >= 0.3 is 0 Å². The Morgan fingerprint density at radius 2 is 2.00 bits per heavy atom. The molecule has 2 aromatic carbocycles. The molecule has 0 saturated carbocycles. The van der Waals surface area contributed by atoms with Crippen LogP contribution in [-0.4, -0.2) is 15.0 Å². The molecule has 0 spiro atoms. The number of ether oxygens (including phenoxy) is 1. The van der Waals surface area contributed by atoms with E-state index in [4.69, 9.17) is 16.3 Å². The fourth-order valence-electron chi connectivity index (χ4n) is 2.28. The highest BCUT2D eigenvalue weighted by atomic mass is 35.5. The fraction of sp³-hybridized carbons (Fsp3) is 0.200. The van der Waals surface area contributed by atoms with Gasteiger partial charge in [0.2, 0.25) is 0 Å². The first-order chi connectivity index (χ1) is 9.95. The molecule has 4 nitrogen and oxygen atoms in total. The molecular weight excluding hydrogens is 310 g/mol. The predicted octanol–water partition coefficient (Wildman–Crippen LogP) is 3.38. The van der Waals surface area contributed by atoms with E-state index in [0.717, 1.165) is 23.3 Å². The van der Waals surface area contributed by atoms with Crippen LogP contribution in [0.15, 0.2) is 41.3 Å². The smallest absolute Gasteiger partial charge is 0.261 e. The maximum Gasteiger partial charge on any atom is 0.261 e. The lowest BCUT2D eigenvalue weighted by Crippen LogP contribution is -2.13. The molecule has 0 aromatic heterocycles. The number of rotatable bonds is 3. The number of aryl methyl sites for hydroxylation is 1. The van der Waals surface area contributed by atoms with Crippen molar-refractivity contribution in [2.24, 2.45) is 0 Å². The van der Waals surface area contributed by atoms with Gasteiger partial charge in [-0.1, -0.05) is 11.6 Å². The molecule has 3 rings (SSSR count). The van der Waals surface area contributed by atoms with Crippen LogP contribution in [0.3, 0.4) is 0 Å². The van der Waals surface area contributed by atoms with Crippen molar-refractivity contribution in [3.8, 4) is 5.75 Å². The molecule has 0 fully saturated rings. The number of nitrogens with one attached hydrogen (secondary N) is 1. The first kappa shape index (κ1) is 14.2. The summed E-state index contributed by atoms with van der Waals surface area (Å²) in [4.78, 5) is 0.237. The summed E-state index contributed by atoms with van der Waals surface area (Å²) in [5, 5.41) is 0.574. The summed E-state index contributed by atoms with van der Waals surface area (Å²) in [6.45, 7) is 2.41. The fourth-order valence-corrected chi connectivity index (χ4v) is 3.68. The van der Waals surface area contributed by atoms with Crippen LogP contribution in [-0.2, 0) is 16.4 Å². The van der Waals surface area contributed by atoms with E-state index in [-0.39, 0.29) is 4.90 Å². The third-order valence-electron chi connectivity index (χ3n) is 3.40. The molecule has 1 heterocycles. The van der Waals surface area contributed by atoms with Gasteiger partial charge in [0.15, 0.2) is 0 Å². The standard InChI is InChI=1S/C15H14ClNO3S/c1-10-8-12(16)2-4-14(10)17-21(18,19)13-3-5-15-11(9-13)6-7-20-15/h2-5,8-9,17H,6-7H2,1H3. The van der Waals surface area contributed by atoms with E-state index in [0.29, 0.717) is 17.3 Å². The van der Waals surface area contributed by atoms with Gasteiger partial charge in [0.1, 0.15) is 5.75 Å². The summed E-state index contributed by atoms with van der Waals surface area (Å²) < 4.78 is 32.9. The van der Waals surface area contributed by atoms with Crippen LogP contribution in [0.5, 0.6) is 5.75 Å². The van der Waals surface area contributed by atoms with E-state index < -0.39 is 10.0 Å². The highest BCUT2D eigenvalue weighted by Gasteiger charge is 2.19. The van der Waals surface area contributed by atoms with E-state index in [1.54, 1.807) is 43.3 Å². The van der Waals surface area contributed by atoms with Gasteiger partial charge < -0.3 is 4.74 Å². The van der Waals surface area contributed by atoms with Crippen LogP contribution in [0, 0.1) is 6.92 Å². The van der Waals surface area contributed by atoms with Gasteiger partial charge in [0, 0.05) is 11.4 Å². The summed E-state index contributed by atoms with van der Waals surface area (Å²) in [6, 6.07) is 9.95. The maximum absolute atomic E-state index is 12.5. The van der Waals surface area contributed by atoms with Crippen molar-refractivity contribution < 1.29 is 13.2 Å². The normalized spacial score (nSPS) is 13.6. The number of sulfonamides is 1. The molecule has 6 heteroatoms. The Bertz CT molecular complexity index is 803. The zero-order chi connectivity index (χ0) is 15.0. The summed E-state index contributed by atoms with van der Waals surface area (Å²) in [5.41, 5.74) is 2.22. The zero-order valence-electron chi connectivity index (χ0n) is 11.4. The van der Waals surface area contributed by atoms with Gasteiger partial charge in [-0.15, -0.1) is 0 Å².